The van der Waals surface area contributed by atoms with Gasteiger partial charge in [-0.3, -0.25) is 0 Å². The molecule has 0 aliphatic carbocycles. The fourth-order valence-electron chi connectivity index (χ4n) is 5.59. The van der Waals surface area contributed by atoms with Crippen LogP contribution in [-0.2, 0) is 9.53 Å². The summed E-state index contributed by atoms with van der Waals surface area (Å²) < 4.78 is 5.13. The number of hydrogen-bond donors (Lipinski definition) is 0. The van der Waals surface area contributed by atoms with E-state index in [1.54, 1.807) is 6.92 Å². The van der Waals surface area contributed by atoms with E-state index in [0.717, 1.165) is 6.42 Å². The van der Waals surface area contributed by atoms with Crippen LogP contribution in [0.5, 0.6) is 0 Å². The quantitative estimate of drug-likeness (QED) is 0.0463. The van der Waals surface area contributed by atoms with Crippen LogP contribution in [0.2, 0.25) is 0 Å². The van der Waals surface area contributed by atoms with Crippen molar-refractivity contribution in [1.29, 1.82) is 0 Å². The highest BCUT2D eigenvalue weighted by molar-refractivity contribution is 5.86. The van der Waals surface area contributed by atoms with Crippen molar-refractivity contribution in [3.63, 3.8) is 0 Å². The first kappa shape index (κ1) is 38.2. The van der Waals surface area contributed by atoms with Crippen molar-refractivity contribution in [2.45, 2.75) is 213 Å². The summed E-state index contributed by atoms with van der Waals surface area (Å²) in [6.45, 7) is 8.15. The van der Waals surface area contributed by atoms with Gasteiger partial charge in [0.05, 0.1) is 6.61 Å². The lowest BCUT2D eigenvalue weighted by molar-refractivity contribution is -0.139. The monoisotopic (exact) mass is 549 g/mol. The maximum atomic E-state index is 11.3. The maximum absolute atomic E-state index is 11.3. The molecule has 0 atom stereocenters. The van der Waals surface area contributed by atoms with Crippen molar-refractivity contribution in [2.75, 3.05) is 6.61 Å². The molecule has 0 spiro atoms. The highest BCUT2D eigenvalue weighted by Gasteiger charge is 2.02. The molecule has 39 heavy (non-hydrogen) atoms. The summed E-state index contributed by atoms with van der Waals surface area (Å²) in [5.74, 6) is -0.249. The molecule has 0 fully saturated rings. The van der Waals surface area contributed by atoms with Crippen LogP contribution in [0.1, 0.15) is 213 Å². The Bertz CT molecular complexity index is 498. The van der Waals surface area contributed by atoms with Crippen molar-refractivity contribution >= 4 is 5.97 Å². The predicted molar refractivity (Wildman–Crippen MR) is 175 cm³/mol. The van der Waals surface area contributed by atoms with E-state index in [0.29, 0.717) is 12.2 Å². The summed E-state index contributed by atoms with van der Waals surface area (Å²) in [4.78, 5) is 11.3. The molecule has 2 heteroatoms. The van der Waals surface area contributed by atoms with Gasteiger partial charge in [-0.25, -0.2) is 4.79 Å². The second-order valence-electron chi connectivity index (χ2n) is 12.5. The molecule has 0 heterocycles. The molecule has 0 saturated carbocycles. The zero-order valence-corrected chi connectivity index (χ0v) is 27.2. The molecule has 0 bridgehead atoms. The Kier molecular flexibility index (Phi) is 32.7. The summed E-state index contributed by atoms with van der Waals surface area (Å²) in [5, 5.41) is 0. The van der Waals surface area contributed by atoms with Crippen LogP contribution < -0.4 is 0 Å². The Morgan fingerprint density at radius 1 is 0.410 bits per heavy atom. The molecule has 0 aliphatic heterocycles. The highest BCUT2D eigenvalue weighted by Crippen LogP contribution is 2.16. The van der Waals surface area contributed by atoms with Crippen molar-refractivity contribution in [2.24, 2.45) is 0 Å². The zero-order chi connectivity index (χ0) is 28.5. The van der Waals surface area contributed by atoms with Gasteiger partial charge in [0.25, 0.3) is 0 Å². The van der Waals surface area contributed by atoms with E-state index < -0.39 is 0 Å². The van der Waals surface area contributed by atoms with E-state index in [2.05, 4.69) is 13.5 Å². The number of esters is 1. The average molecular weight is 549 g/mol. The molecule has 0 amide bonds. The minimum Gasteiger partial charge on any atom is -0.462 e. The van der Waals surface area contributed by atoms with Crippen molar-refractivity contribution in [3.05, 3.63) is 12.2 Å². The number of hydrogen-bond acceptors (Lipinski definition) is 2. The molecule has 0 N–H and O–H groups in total. The van der Waals surface area contributed by atoms with E-state index >= 15 is 0 Å². The normalized spacial score (nSPS) is 11.2. The van der Waals surface area contributed by atoms with Gasteiger partial charge in [-0.2, -0.15) is 0 Å². The Hall–Kier alpha value is -0.790. The third-order valence-electron chi connectivity index (χ3n) is 8.33. The van der Waals surface area contributed by atoms with Gasteiger partial charge in [-0.1, -0.05) is 206 Å². The second kappa shape index (κ2) is 33.4. The molecule has 0 rings (SSSR count). The molecule has 0 aromatic carbocycles. The summed E-state index contributed by atoms with van der Waals surface area (Å²) in [7, 11) is 0. The van der Waals surface area contributed by atoms with Gasteiger partial charge >= 0.3 is 5.97 Å². The summed E-state index contributed by atoms with van der Waals surface area (Å²) in [5.41, 5.74) is 0.496. The predicted octanol–water partition coefficient (Wildman–Crippen LogP) is 13.2. The molecule has 0 saturated heterocycles. The van der Waals surface area contributed by atoms with Gasteiger partial charge < -0.3 is 4.74 Å². The maximum Gasteiger partial charge on any atom is 0.333 e. The van der Waals surface area contributed by atoms with Gasteiger partial charge in [0.15, 0.2) is 0 Å². The SMILES string of the molecule is C=C(C)C(=O)OCCCCCCCCCCCCCCCCCCCCCCCCCCCCCCCCC. The average Bonchev–Trinajstić information content (AvgIpc) is 2.93. The minimum atomic E-state index is -0.249. The van der Waals surface area contributed by atoms with Crippen LogP contribution >= 0.6 is 0 Å². The fourth-order valence-corrected chi connectivity index (χ4v) is 5.59. The lowest BCUT2D eigenvalue weighted by Gasteiger charge is -2.05. The lowest BCUT2D eigenvalue weighted by atomic mass is 10.0. The number of carbonyl (C=O) groups excluding carboxylic acids is 1. The van der Waals surface area contributed by atoms with Crippen LogP contribution in [0, 0.1) is 0 Å². The fraction of sp³-hybridized carbons (Fsp3) is 0.919. The number of carbonyl (C=O) groups is 1. The Morgan fingerprint density at radius 3 is 0.821 bits per heavy atom. The summed E-state index contributed by atoms with van der Waals surface area (Å²) in [6.07, 6.45) is 44.0. The minimum absolute atomic E-state index is 0.249. The number of ether oxygens (including phenoxy) is 1. The summed E-state index contributed by atoms with van der Waals surface area (Å²) >= 11 is 0. The standard InChI is InChI=1S/C37H72O2/c1-4-5-6-7-8-9-10-11-12-13-14-15-16-17-18-19-20-21-22-23-24-25-26-27-28-29-30-31-32-33-34-35-39-37(38)36(2)3/h2,4-35H2,1,3H3. The van der Waals surface area contributed by atoms with Crippen molar-refractivity contribution in [1.82, 2.24) is 0 Å². The molecular weight excluding hydrogens is 476 g/mol. The third kappa shape index (κ3) is 33.3. The largest absolute Gasteiger partial charge is 0.462 e. The van der Waals surface area contributed by atoms with Gasteiger partial charge in [0.2, 0.25) is 0 Å². The first-order valence-corrected chi connectivity index (χ1v) is 18.0. The molecule has 0 aromatic rings. The van der Waals surface area contributed by atoms with Crippen LogP contribution in [0.25, 0.3) is 0 Å². The molecular formula is C37H72O2. The first-order valence-electron chi connectivity index (χ1n) is 18.0. The van der Waals surface area contributed by atoms with E-state index in [9.17, 15) is 4.79 Å². The van der Waals surface area contributed by atoms with Crippen molar-refractivity contribution in [3.8, 4) is 0 Å². The molecule has 2 nitrogen and oxygen atoms in total. The van der Waals surface area contributed by atoms with Gasteiger partial charge in [0, 0.05) is 5.57 Å². The third-order valence-corrected chi connectivity index (χ3v) is 8.33. The molecule has 0 aliphatic rings. The van der Waals surface area contributed by atoms with E-state index in [1.165, 1.54) is 193 Å². The van der Waals surface area contributed by atoms with Crippen LogP contribution in [-0.4, -0.2) is 12.6 Å². The van der Waals surface area contributed by atoms with E-state index in [4.69, 9.17) is 4.74 Å². The Morgan fingerprint density at radius 2 is 0.615 bits per heavy atom. The zero-order valence-electron chi connectivity index (χ0n) is 27.2. The van der Waals surface area contributed by atoms with Gasteiger partial charge in [-0.15, -0.1) is 0 Å². The molecule has 0 unspecified atom stereocenters. The van der Waals surface area contributed by atoms with Crippen LogP contribution in [0.3, 0.4) is 0 Å². The first-order chi connectivity index (χ1) is 19.2. The smallest absolute Gasteiger partial charge is 0.333 e. The van der Waals surface area contributed by atoms with Crippen LogP contribution in [0.4, 0.5) is 0 Å². The van der Waals surface area contributed by atoms with Gasteiger partial charge in [-0.05, 0) is 13.3 Å². The topological polar surface area (TPSA) is 26.3 Å². The Labute approximate surface area is 246 Å². The molecule has 0 radical (unpaired) electrons. The lowest BCUT2D eigenvalue weighted by Crippen LogP contribution is -2.05. The van der Waals surface area contributed by atoms with E-state index in [1.807, 2.05) is 0 Å². The second-order valence-corrected chi connectivity index (χ2v) is 12.5. The van der Waals surface area contributed by atoms with E-state index in [-0.39, 0.29) is 5.97 Å². The number of rotatable bonds is 33. The number of unbranched alkanes of at least 4 members (excludes halogenated alkanes) is 30. The molecule has 0 aromatic heterocycles. The highest BCUT2D eigenvalue weighted by atomic mass is 16.5. The molecule has 232 valence electrons. The van der Waals surface area contributed by atoms with Crippen molar-refractivity contribution < 1.29 is 9.53 Å². The summed E-state index contributed by atoms with van der Waals surface area (Å²) in [6, 6.07) is 0. The van der Waals surface area contributed by atoms with Crippen LogP contribution in [0.15, 0.2) is 12.2 Å². The van der Waals surface area contributed by atoms with Gasteiger partial charge in [0.1, 0.15) is 0 Å². The Balaban J connectivity index is 3.06.